The van der Waals surface area contributed by atoms with Gasteiger partial charge in [-0.05, 0) is 51.8 Å². The highest BCUT2D eigenvalue weighted by molar-refractivity contribution is 6.33. The van der Waals surface area contributed by atoms with Crippen molar-refractivity contribution in [2.75, 3.05) is 18.0 Å². The first-order chi connectivity index (χ1) is 9.16. The maximum absolute atomic E-state index is 10.1. The van der Waals surface area contributed by atoms with E-state index in [0.717, 1.165) is 30.2 Å². The van der Waals surface area contributed by atoms with Crippen LogP contribution in [0.3, 0.4) is 0 Å². The van der Waals surface area contributed by atoms with Gasteiger partial charge in [-0.25, -0.2) is 0 Å². The normalized spacial score (nSPS) is 23.4. The Morgan fingerprint density at radius 1 is 1.40 bits per heavy atom. The number of halogens is 1. The van der Waals surface area contributed by atoms with Gasteiger partial charge in [0.15, 0.2) is 0 Å². The Labute approximate surface area is 126 Å². The summed E-state index contributed by atoms with van der Waals surface area (Å²) in [6.45, 7) is 10.6. The Hall–Kier alpha value is -0.770. The third-order valence-electron chi connectivity index (χ3n) is 3.63. The topological polar surface area (TPSA) is 35.5 Å². The van der Waals surface area contributed by atoms with Crippen LogP contribution in [0.1, 0.15) is 39.7 Å². The van der Waals surface area contributed by atoms with Crippen molar-refractivity contribution in [3.63, 3.8) is 0 Å². The molecule has 1 fully saturated rings. The SMILES string of the molecule is CC1(O)CCN(c2ccc(CNC(C)(C)C)cc2Cl)C1. The van der Waals surface area contributed by atoms with Gasteiger partial charge in [0.2, 0.25) is 0 Å². The van der Waals surface area contributed by atoms with E-state index in [1.165, 1.54) is 5.56 Å². The minimum absolute atomic E-state index is 0.0960. The van der Waals surface area contributed by atoms with Crippen LogP contribution in [-0.2, 0) is 6.54 Å². The van der Waals surface area contributed by atoms with Crippen molar-refractivity contribution in [3.05, 3.63) is 28.8 Å². The minimum Gasteiger partial charge on any atom is -0.388 e. The smallest absolute Gasteiger partial charge is 0.0810 e. The van der Waals surface area contributed by atoms with Crippen LogP contribution in [0.2, 0.25) is 5.02 Å². The summed E-state index contributed by atoms with van der Waals surface area (Å²) in [5, 5.41) is 14.3. The van der Waals surface area contributed by atoms with Gasteiger partial charge in [0, 0.05) is 25.2 Å². The molecule has 1 heterocycles. The molecule has 3 nitrogen and oxygen atoms in total. The Bertz CT molecular complexity index is 480. The van der Waals surface area contributed by atoms with E-state index in [1.807, 2.05) is 13.0 Å². The van der Waals surface area contributed by atoms with Crippen LogP contribution >= 0.6 is 11.6 Å². The van der Waals surface area contributed by atoms with Crippen molar-refractivity contribution in [2.45, 2.75) is 51.8 Å². The lowest BCUT2D eigenvalue weighted by atomic mass is 10.1. The molecule has 0 amide bonds. The van der Waals surface area contributed by atoms with E-state index in [1.54, 1.807) is 0 Å². The molecule has 2 N–H and O–H groups in total. The average Bonchev–Trinajstić information content (AvgIpc) is 2.66. The van der Waals surface area contributed by atoms with Gasteiger partial charge in [-0.3, -0.25) is 0 Å². The number of β-amino-alcohol motifs (C(OH)–C–C–N with tert-alkyl or cyclic N) is 1. The second-order valence-corrected chi connectivity index (χ2v) is 7.47. The van der Waals surface area contributed by atoms with Gasteiger partial charge in [0.25, 0.3) is 0 Å². The lowest BCUT2D eigenvalue weighted by Crippen LogP contribution is -2.35. The molecular formula is C16H25ClN2O. The van der Waals surface area contributed by atoms with Crippen molar-refractivity contribution in [1.82, 2.24) is 5.32 Å². The zero-order chi connectivity index (χ0) is 15.0. The molecule has 0 radical (unpaired) electrons. The molecule has 112 valence electrons. The first kappa shape index (κ1) is 15.6. The largest absolute Gasteiger partial charge is 0.388 e. The fourth-order valence-corrected chi connectivity index (χ4v) is 2.76. The Kier molecular flexibility index (Phi) is 4.33. The van der Waals surface area contributed by atoms with Crippen molar-refractivity contribution in [2.24, 2.45) is 0 Å². The number of hydrogen-bond donors (Lipinski definition) is 2. The third kappa shape index (κ3) is 4.11. The second kappa shape index (κ2) is 5.55. The maximum atomic E-state index is 10.1. The Balaban J connectivity index is 2.07. The van der Waals surface area contributed by atoms with Gasteiger partial charge >= 0.3 is 0 Å². The maximum Gasteiger partial charge on any atom is 0.0810 e. The van der Waals surface area contributed by atoms with Crippen LogP contribution in [0, 0.1) is 0 Å². The van der Waals surface area contributed by atoms with Gasteiger partial charge in [0.05, 0.1) is 16.3 Å². The summed E-state index contributed by atoms with van der Waals surface area (Å²) in [7, 11) is 0. The van der Waals surface area contributed by atoms with Gasteiger partial charge < -0.3 is 15.3 Å². The lowest BCUT2D eigenvalue weighted by molar-refractivity contribution is 0.0839. The zero-order valence-electron chi connectivity index (χ0n) is 12.8. The second-order valence-electron chi connectivity index (χ2n) is 7.06. The molecule has 4 heteroatoms. The highest BCUT2D eigenvalue weighted by atomic mass is 35.5. The van der Waals surface area contributed by atoms with Gasteiger partial charge in [0.1, 0.15) is 0 Å². The summed E-state index contributed by atoms with van der Waals surface area (Å²) in [5.41, 5.74) is 1.69. The van der Waals surface area contributed by atoms with Crippen LogP contribution in [0.25, 0.3) is 0 Å². The molecule has 0 saturated carbocycles. The number of rotatable bonds is 3. The van der Waals surface area contributed by atoms with Crippen LogP contribution in [0.4, 0.5) is 5.69 Å². The number of anilines is 1. The first-order valence-electron chi connectivity index (χ1n) is 7.17. The van der Waals surface area contributed by atoms with Crippen LogP contribution in [0.15, 0.2) is 18.2 Å². The monoisotopic (exact) mass is 296 g/mol. The lowest BCUT2D eigenvalue weighted by Gasteiger charge is -2.23. The fraction of sp³-hybridized carbons (Fsp3) is 0.625. The zero-order valence-corrected chi connectivity index (χ0v) is 13.6. The van der Waals surface area contributed by atoms with Crippen LogP contribution in [-0.4, -0.2) is 29.3 Å². The first-order valence-corrected chi connectivity index (χ1v) is 7.55. The van der Waals surface area contributed by atoms with E-state index in [4.69, 9.17) is 11.6 Å². The Morgan fingerprint density at radius 3 is 2.60 bits per heavy atom. The summed E-state index contributed by atoms with van der Waals surface area (Å²) >= 11 is 6.40. The molecule has 1 aromatic carbocycles. The van der Waals surface area contributed by atoms with Crippen LogP contribution in [0.5, 0.6) is 0 Å². The molecule has 1 aliphatic heterocycles. The highest BCUT2D eigenvalue weighted by Crippen LogP contribution is 2.32. The highest BCUT2D eigenvalue weighted by Gasteiger charge is 2.32. The molecule has 1 atom stereocenters. The Morgan fingerprint density at radius 2 is 2.10 bits per heavy atom. The molecular weight excluding hydrogens is 272 g/mol. The predicted octanol–water partition coefficient (Wildman–Crippen LogP) is 3.19. The van der Waals surface area contributed by atoms with Gasteiger partial charge in [-0.15, -0.1) is 0 Å². The van der Waals surface area contributed by atoms with E-state index >= 15 is 0 Å². The van der Waals surface area contributed by atoms with Crippen molar-refractivity contribution in [3.8, 4) is 0 Å². The molecule has 1 aromatic rings. The van der Waals surface area contributed by atoms with Crippen molar-refractivity contribution < 1.29 is 5.11 Å². The number of nitrogens with zero attached hydrogens (tertiary/aromatic N) is 1. The fourth-order valence-electron chi connectivity index (χ4n) is 2.43. The summed E-state index contributed by atoms with van der Waals surface area (Å²) < 4.78 is 0. The summed E-state index contributed by atoms with van der Waals surface area (Å²) in [6.07, 6.45) is 0.788. The minimum atomic E-state index is -0.601. The molecule has 0 aromatic heterocycles. The molecule has 0 bridgehead atoms. The molecule has 2 rings (SSSR count). The quantitative estimate of drug-likeness (QED) is 0.899. The number of hydrogen-bond acceptors (Lipinski definition) is 3. The number of aliphatic hydroxyl groups is 1. The van der Waals surface area contributed by atoms with E-state index in [0.29, 0.717) is 6.54 Å². The predicted molar refractivity (Wildman–Crippen MR) is 85.5 cm³/mol. The number of benzene rings is 1. The van der Waals surface area contributed by atoms with E-state index < -0.39 is 5.60 Å². The molecule has 0 aliphatic carbocycles. The molecule has 1 saturated heterocycles. The van der Waals surface area contributed by atoms with Gasteiger partial charge in [-0.1, -0.05) is 17.7 Å². The molecule has 1 aliphatic rings. The van der Waals surface area contributed by atoms with E-state index in [-0.39, 0.29) is 5.54 Å². The standard InChI is InChI=1S/C16H25ClN2O/c1-15(2,3)18-10-12-5-6-14(13(17)9-12)19-8-7-16(4,20)11-19/h5-6,9,18,20H,7-8,10-11H2,1-4H3. The summed E-state index contributed by atoms with van der Waals surface area (Å²) in [4.78, 5) is 2.16. The summed E-state index contributed by atoms with van der Waals surface area (Å²) in [6, 6.07) is 6.18. The van der Waals surface area contributed by atoms with E-state index in [2.05, 4.69) is 43.1 Å². The number of nitrogens with one attached hydrogen (secondary N) is 1. The van der Waals surface area contributed by atoms with E-state index in [9.17, 15) is 5.11 Å². The molecule has 0 spiro atoms. The molecule has 1 unspecified atom stereocenters. The van der Waals surface area contributed by atoms with Gasteiger partial charge in [-0.2, -0.15) is 0 Å². The third-order valence-corrected chi connectivity index (χ3v) is 3.93. The van der Waals surface area contributed by atoms with Crippen LogP contribution < -0.4 is 10.2 Å². The molecule has 20 heavy (non-hydrogen) atoms. The summed E-state index contributed by atoms with van der Waals surface area (Å²) in [5.74, 6) is 0. The average molecular weight is 297 g/mol. The van der Waals surface area contributed by atoms with Crippen molar-refractivity contribution >= 4 is 17.3 Å². The van der Waals surface area contributed by atoms with Crippen molar-refractivity contribution in [1.29, 1.82) is 0 Å².